The van der Waals surface area contributed by atoms with Crippen molar-refractivity contribution in [3.05, 3.63) is 35.4 Å². The Morgan fingerprint density at radius 1 is 0.773 bits per heavy atom. The molecule has 1 rings (SSSR count). The summed E-state index contributed by atoms with van der Waals surface area (Å²) in [5.74, 6) is -4.32. The summed E-state index contributed by atoms with van der Waals surface area (Å²) in [6.07, 6.45) is 2.60. The van der Waals surface area contributed by atoms with Gasteiger partial charge in [0, 0.05) is 0 Å². The Morgan fingerprint density at radius 2 is 1.09 bits per heavy atom. The summed E-state index contributed by atoms with van der Waals surface area (Å²) in [6.45, 7) is 0. The van der Waals surface area contributed by atoms with Crippen molar-refractivity contribution in [1.29, 1.82) is 0 Å². The van der Waals surface area contributed by atoms with Crippen molar-refractivity contribution in [2.75, 3.05) is 0 Å². The van der Waals surface area contributed by atoms with Crippen LogP contribution in [0.1, 0.15) is 11.1 Å². The zero-order valence-electron chi connectivity index (χ0n) is 11.1. The third-order valence-corrected chi connectivity index (χ3v) is 2.14. The molecule has 22 heavy (non-hydrogen) atoms. The molecule has 0 spiro atoms. The summed E-state index contributed by atoms with van der Waals surface area (Å²) >= 11 is 0. The average molecular weight is 304 g/mol. The van der Waals surface area contributed by atoms with E-state index < -0.39 is 23.6 Å². The van der Waals surface area contributed by atoms with Gasteiger partial charge < -0.3 is 11.5 Å². The molecule has 4 amide bonds. The third kappa shape index (κ3) is 5.61. The van der Waals surface area contributed by atoms with E-state index in [0.717, 1.165) is 0 Å². The van der Waals surface area contributed by atoms with E-state index in [-0.39, 0.29) is 0 Å². The Bertz CT molecular complexity index is 593. The molecule has 1 aromatic carbocycles. The van der Waals surface area contributed by atoms with Crippen LogP contribution in [-0.4, -0.2) is 36.1 Å². The first-order valence-electron chi connectivity index (χ1n) is 5.76. The standard InChI is InChI=1S/C12H12N6O4/c13-9(19)11(21)17-15-5-7-1-2-8(4-3-7)6-16-18-12(22)10(14)20/h1-6H,(H2,13,19)(H2,14,20)(H,17,21)(H,18,22)/b15-5+,16-6+. The SMILES string of the molecule is NC(=O)C(=O)N/N=C/c1ccc(/C=N/NC(=O)C(N)=O)cc1. The highest BCUT2D eigenvalue weighted by atomic mass is 16.2. The van der Waals surface area contributed by atoms with Crippen LogP contribution < -0.4 is 22.3 Å². The second-order valence-corrected chi connectivity index (χ2v) is 3.79. The minimum absolute atomic E-state index is 0.628. The van der Waals surface area contributed by atoms with Crippen LogP contribution in [0.3, 0.4) is 0 Å². The molecular formula is C12H12N6O4. The normalized spacial score (nSPS) is 10.5. The number of benzene rings is 1. The predicted molar refractivity (Wildman–Crippen MR) is 76.3 cm³/mol. The van der Waals surface area contributed by atoms with E-state index in [2.05, 4.69) is 10.2 Å². The van der Waals surface area contributed by atoms with Crippen LogP contribution in [0.25, 0.3) is 0 Å². The Labute approximate surface area is 124 Å². The lowest BCUT2D eigenvalue weighted by Gasteiger charge is -1.97. The first kappa shape index (κ1) is 16.5. The van der Waals surface area contributed by atoms with Gasteiger partial charge >= 0.3 is 23.6 Å². The monoisotopic (exact) mass is 304 g/mol. The number of amides is 4. The highest BCUT2D eigenvalue weighted by Crippen LogP contribution is 1.99. The Kier molecular flexibility index (Phi) is 5.92. The molecule has 0 unspecified atom stereocenters. The molecule has 1 aromatic rings. The van der Waals surface area contributed by atoms with Gasteiger partial charge in [0.05, 0.1) is 12.4 Å². The molecule has 6 N–H and O–H groups in total. The average Bonchev–Trinajstić information content (AvgIpc) is 2.48. The highest BCUT2D eigenvalue weighted by Gasteiger charge is 2.05. The van der Waals surface area contributed by atoms with Crippen LogP contribution in [0, 0.1) is 0 Å². The maximum atomic E-state index is 10.8. The van der Waals surface area contributed by atoms with Crippen LogP contribution in [0.2, 0.25) is 0 Å². The van der Waals surface area contributed by atoms with Gasteiger partial charge in [-0.05, 0) is 11.1 Å². The predicted octanol–water partition coefficient (Wildman–Crippen LogP) is -2.44. The van der Waals surface area contributed by atoms with Crippen LogP contribution >= 0.6 is 0 Å². The Hall–Kier alpha value is -3.56. The summed E-state index contributed by atoms with van der Waals surface area (Å²) in [5.41, 5.74) is 14.6. The van der Waals surface area contributed by atoms with Crippen molar-refractivity contribution in [2.45, 2.75) is 0 Å². The lowest BCUT2D eigenvalue weighted by Crippen LogP contribution is -2.32. The summed E-state index contributed by atoms with van der Waals surface area (Å²) in [6, 6.07) is 6.54. The van der Waals surface area contributed by atoms with Gasteiger partial charge in [0.1, 0.15) is 0 Å². The second kappa shape index (κ2) is 7.89. The van der Waals surface area contributed by atoms with Gasteiger partial charge in [0.25, 0.3) is 0 Å². The van der Waals surface area contributed by atoms with Crippen LogP contribution in [0.15, 0.2) is 34.5 Å². The molecule has 114 valence electrons. The molecule has 10 heteroatoms. The number of nitrogens with zero attached hydrogens (tertiary/aromatic N) is 2. The van der Waals surface area contributed by atoms with E-state index in [9.17, 15) is 19.2 Å². The number of hydrogen-bond donors (Lipinski definition) is 4. The summed E-state index contributed by atoms with van der Waals surface area (Å²) < 4.78 is 0. The van der Waals surface area contributed by atoms with E-state index in [1.165, 1.54) is 12.4 Å². The van der Waals surface area contributed by atoms with Crippen molar-refractivity contribution >= 4 is 36.1 Å². The maximum Gasteiger partial charge on any atom is 0.329 e. The number of rotatable bonds is 4. The van der Waals surface area contributed by atoms with Gasteiger partial charge in [0.15, 0.2) is 0 Å². The van der Waals surface area contributed by atoms with Gasteiger partial charge in [-0.1, -0.05) is 24.3 Å². The number of hydrazone groups is 2. The molecule has 0 fully saturated rings. The highest BCUT2D eigenvalue weighted by molar-refractivity contribution is 6.34. The van der Waals surface area contributed by atoms with Crippen LogP contribution in [0.5, 0.6) is 0 Å². The van der Waals surface area contributed by atoms with E-state index in [4.69, 9.17) is 11.5 Å². The fourth-order valence-electron chi connectivity index (χ4n) is 1.11. The van der Waals surface area contributed by atoms with Gasteiger partial charge in [-0.3, -0.25) is 19.2 Å². The number of primary amides is 2. The van der Waals surface area contributed by atoms with Crippen LogP contribution in [-0.2, 0) is 19.2 Å². The van der Waals surface area contributed by atoms with E-state index in [1.807, 2.05) is 10.9 Å². The van der Waals surface area contributed by atoms with E-state index in [1.54, 1.807) is 24.3 Å². The molecule has 0 aromatic heterocycles. The van der Waals surface area contributed by atoms with Crippen molar-refractivity contribution < 1.29 is 19.2 Å². The zero-order chi connectivity index (χ0) is 16.5. The smallest absolute Gasteiger partial charge is 0.329 e. The van der Waals surface area contributed by atoms with E-state index in [0.29, 0.717) is 11.1 Å². The Morgan fingerprint density at radius 3 is 1.36 bits per heavy atom. The summed E-state index contributed by atoms with van der Waals surface area (Å²) in [5, 5.41) is 7.06. The maximum absolute atomic E-state index is 10.8. The molecule has 0 atom stereocenters. The molecule has 10 nitrogen and oxygen atoms in total. The minimum atomic E-state index is -1.14. The molecule has 0 bridgehead atoms. The molecule has 0 radical (unpaired) electrons. The van der Waals surface area contributed by atoms with Crippen molar-refractivity contribution in [2.24, 2.45) is 21.7 Å². The first-order valence-corrected chi connectivity index (χ1v) is 5.76. The Balaban J connectivity index is 2.56. The van der Waals surface area contributed by atoms with Crippen LogP contribution in [0.4, 0.5) is 0 Å². The minimum Gasteiger partial charge on any atom is -0.361 e. The lowest BCUT2D eigenvalue weighted by atomic mass is 10.2. The van der Waals surface area contributed by atoms with Gasteiger partial charge in [-0.2, -0.15) is 10.2 Å². The van der Waals surface area contributed by atoms with E-state index >= 15 is 0 Å². The molecule has 0 saturated carbocycles. The first-order chi connectivity index (χ1) is 10.4. The fraction of sp³-hybridized carbons (Fsp3) is 0. The largest absolute Gasteiger partial charge is 0.361 e. The molecule has 0 aliphatic carbocycles. The van der Waals surface area contributed by atoms with Crippen molar-refractivity contribution in [1.82, 2.24) is 10.9 Å². The molecule has 0 heterocycles. The number of hydrogen-bond acceptors (Lipinski definition) is 6. The van der Waals surface area contributed by atoms with Gasteiger partial charge in [0.2, 0.25) is 0 Å². The van der Waals surface area contributed by atoms with Crippen molar-refractivity contribution in [3.8, 4) is 0 Å². The zero-order valence-corrected chi connectivity index (χ0v) is 11.1. The third-order valence-electron chi connectivity index (χ3n) is 2.14. The second-order valence-electron chi connectivity index (χ2n) is 3.79. The topological polar surface area (TPSA) is 169 Å². The van der Waals surface area contributed by atoms with Crippen molar-refractivity contribution in [3.63, 3.8) is 0 Å². The summed E-state index contributed by atoms with van der Waals surface area (Å²) in [7, 11) is 0. The molecule has 0 saturated heterocycles. The number of nitrogens with two attached hydrogens (primary N) is 2. The van der Waals surface area contributed by atoms with Gasteiger partial charge in [-0.25, -0.2) is 10.9 Å². The van der Waals surface area contributed by atoms with Gasteiger partial charge in [-0.15, -0.1) is 0 Å². The number of carbonyl (C=O) groups excluding carboxylic acids is 4. The number of nitrogens with one attached hydrogen (secondary N) is 2. The molecule has 0 aliphatic rings. The lowest BCUT2D eigenvalue weighted by molar-refractivity contribution is -0.137. The molecule has 0 aliphatic heterocycles. The summed E-state index contributed by atoms with van der Waals surface area (Å²) in [4.78, 5) is 42.5. The fourth-order valence-corrected chi connectivity index (χ4v) is 1.11. The molecular weight excluding hydrogens is 292 g/mol. The quantitative estimate of drug-likeness (QED) is 0.275. The number of carbonyl (C=O) groups is 4.